The molecule has 0 fully saturated rings. The van der Waals surface area contributed by atoms with Crippen molar-refractivity contribution in [3.8, 4) is 11.5 Å². The molecule has 2 aromatic carbocycles. The lowest BCUT2D eigenvalue weighted by molar-refractivity contribution is -0.138. The molecule has 1 N–H and O–H groups in total. The summed E-state index contributed by atoms with van der Waals surface area (Å²) in [5.41, 5.74) is 3.17. The molecular weight excluding hydrogens is 386 g/mol. The van der Waals surface area contributed by atoms with Crippen LogP contribution in [-0.4, -0.2) is 52.6 Å². The molecule has 1 atom stereocenters. The first-order valence-corrected chi connectivity index (χ1v) is 9.51. The Morgan fingerprint density at radius 3 is 2.53 bits per heavy atom. The van der Waals surface area contributed by atoms with Gasteiger partial charge in [-0.1, -0.05) is 12.1 Å². The van der Waals surface area contributed by atoms with Crippen LogP contribution in [0, 0.1) is 0 Å². The summed E-state index contributed by atoms with van der Waals surface area (Å²) in [5.74, 6) is -0.276. The number of aliphatic carboxylic acids is 1. The lowest BCUT2D eigenvalue weighted by Gasteiger charge is -2.37. The van der Waals surface area contributed by atoms with Gasteiger partial charge in [0.25, 0.3) is 5.91 Å². The summed E-state index contributed by atoms with van der Waals surface area (Å²) in [4.78, 5) is 35.2. The van der Waals surface area contributed by atoms with Gasteiger partial charge in [-0.25, -0.2) is 4.98 Å². The number of para-hydroxylation sites is 2. The minimum Gasteiger partial charge on any atom is -0.493 e. The van der Waals surface area contributed by atoms with Crippen LogP contribution >= 0.6 is 0 Å². The van der Waals surface area contributed by atoms with E-state index in [4.69, 9.17) is 9.47 Å². The smallest absolute Gasteiger partial charge is 0.305 e. The Kier molecular flexibility index (Phi) is 5.22. The van der Waals surface area contributed by atoms with Crippen LogP contribution in [0.25, 0.3) is 11.0 Å². The molecule has 8 nitrogen and oxygen atoms in total. The van der Waals surface area contributed by atoms with Gasteiger partial charge in [0.05, 0.1) is 43.9 Å². The zero-order chi connectivity index (χ0) is 21.3. The fourth-order valence-electron chi connectivity index (χ4n) is 3.86. The van der Waals surface area contributed by atoms with Gasteiger partial charge in [-0.3, -0.25) is 14.6 Å². The second-order valence-electron chi connectivity index (χ2n) is 7.01. The Morgan fingerprint density at radius 2 is 1.83 bits per heavy atom. The molecule has 0 saturated heterocycles. The number of rotatable bonds is 5. The summed E-state index contributed by atoms with van der Waals surface area (Å²) in [6.45, 7) is 0.369. The quantitative estimate of drug-likeness (QED) is 0.694. The number of carboxylic acid groups (broad SMARTS) is 1. The Morgan fingerprint density at radius 1 is 1.13 bits per heavy atom. The van der Waals surface area contributed by atoms with Crippen molar-refractivity contribution in [1.29, 1.82) is 0 Å². The molecule has 0 spiro atoms. The van der Waals surface area contributed by atoms with Gasteiger partial charge in [-0.2, -0.15) is 0 Å². The average molecular weight is 407 g/mol. The minimum absolute atomic E-state index is 0.188. The van der Waals surface area contributed by atoms with Crippen LogP contribution in [0.2, 0.25) is 0 Å². The number of ether oxygens (including phenoxy) is 2. The zero-order valence-electron chi connectivity index (χ0n) is 16.7. The third-order valence-electron chi connectivity index (χ3n) is 5.30. The van der Waals surface area contributed by atoms with Crippen molar-refractivity contribution < 1.29 is 24.2 Å². The number of benzene rings is 2. The maximum Gasteiger partial charge on any atom is 0.305 e. The van der Waals surface area contributed by atoms with Gasteiger partial charge in [0, 0.05) is 6.54 Å². The second kappa shape index (κ2) is 7.98. The molecule has 30 heavy (non-hydrogen) atoms. The molecule has 3 aromatic rings. The molecule has 2 heterocycles. The average Bonchev–Trinajstić information content (AvgIpc) is 2.77. The highest BCUT2D eigenvalue weighted by Gasteiger charge is 2.34. The fraction of sp³-hybridized carbons (Fsp3) is 0.273. The minimum atomic E-state index is -0.995. The van der Waals surface area contributed by atoms with E-state index in [1.807, 2.05) is 24.3 Å². The van der Waals surface area contributed by atoms with Gasteiger partial charge >= 0.3 is 5.97 Å². The van der Waals surface area contributed by atoms with E-state index in [1.54, 1.807) is 24.1 Å². The zero-order valence-corrected chi connectivity index (χ0v) is 16.7. The van der Waals surface area contributed by atoms with Crippen molar-refractivity contribution in [2.24, 2.45) is 0 Å². The van der Waals surface area contributed by atoms with E-state index in [0.717, 1.165) is 11.1 Å². The number of methoxy groups -OCH3 is 2. The molecule has 1 aliphatic heterocycles. The van der Waals surface area contributed by atoms with Crippen LogP contribution in [0.1, 0.15) is 34.1 Å². The number of hydrogen-bond donors (Lipinski definition) is 1. The van der Waals surface area contributed by atoms with Gasteiger partial charge in [0.1, 0.15) is 5.69 Å². The largest absolute Gasteiger partial charge is 0.493 e. The molecule has 154 valence electrons. The maximum atomic E-state index is 13.3. The first-order chi connectivity index (χ1) is 14.5. The first kappa shape index (κ1) is 19.6. The van der Waals surface area contributed by atoms with Gasteiger partial charge < -0.3 is 19.5 Å². The molecule has 1 aliphatic rings. The van der Waals surface area contributed by atoms with E-state index in [-0.39, 0.29) is 18.0 Å². The van der Waals surface area contributed by atoms with E-state index in [2.05, 4.69) is 9.97 Å². The lowest BCUT2D eigenvalue weighted by Crippen LogP contribution is -2.41. The Hall–Kier alpha value is -3.68. The standard InChI is InChI=1S/C22H21N3O5/c1-29-19-9-13-7-8-25(18(11-21(26)27)14(13)10-20(19)30-2)22(28)17-12-23-15-5-3-4-6-16(15)24-17/h3-6,9-10,12,18H,7-8,11H2,1-2H3,(H,26,27). The van der Waals surface area contributed by atoms with Crippen molar-refractivity contribution in [2.75, 3.05) is 20.8 Å². The van der Waals surface area contributed by atoms with Gasteiger partial charge in [-0.15, -0.1) is 0 Å². The summed E-state index contributed by atoms with van der Waals surface area (Å²) in [5, 5.41) is 9.51. The van der Waals surface area contributed by atoms with E-state index in [0.29, 0.717) is 35.5 Å². The second-order valence-corrected chi connectivity index (χ2v) is 7.01. The number of aromatic nitrogens is 2. The Labute approximate surface area is 173 Å². The molecule has 0 bridgehead atoms. The maximum absolute atomic E-state index is 13.3. The topological polar surface area (TPSA) is 102 Å². The van der Waals surface area contributed by atoms with Gasteiger partial charge in [0.2, 0.25) is 0 Å². The Balaban J connectivity index is 1.75. The summed E-state index contributed by atoms with van der Waals surface area (Å²) in [7, 11) is 3.07. The Bertz CT molecular complexity index is 1130. The molecule has 0 radical (unpaired) electrons. The molecule has 1 unspecified atom stereocenters. The van der Waals surface area contributed by atoms with Crippen LogP contribution in [-0.2, 0) is 11.2 Å². The SMILES string of the molecule is COc1cc2c(cc1OC)C(CC(=O)O)N(C(=O)c1cnc3ccccc3n1)CC2. The van der Waals surface area contributed by atoms with Crippen molar-refractivity contribution in [2.45, 2.75) is 18.9 Å². The van der Waals surface area contributed by atoms with Crippen LogP contribution in [0.4, 0.5) is 0 Å². The number of amides is 1. The summed E-state index contributed by atoms with van der Waals surface area (Å²) < 4.78 is 10.7. The number of hydrogen-bond acceptors (Lipinski definition) is 6. The van der Waals surface area contributed by atoms with Crippen LogP contribution < -0.4 is 9.47 Å². The number of carbonyl (C=O) groups is 2. The van der Waals surface area contributed by atoms with Crippen molar-refractivity contribution in [3.63, 3.8) is 0 Å². The molecular formula is C22H21N3O5. The van der Waals surface area contributed by atoms with Crippen molar-refractivity contribution >= 4 is 22.9 Å². The van der Waals surface area contributed by atoms with E-state index in [1.165, 1.54) is 13.3 Å². The highest BCUT2D eigenvalue weighted by atomic mass is 16.5. The number of carboxylic acids is 1. The molecule has 0 saturated carbocycles. The number of nitrogens with zero attached hydrogens (tertiary/aromatic N) is 3. The van der Waals surface area contributed by atoms with Gasteiger partial charge in [-0.05, 0) is 41.8 Å². The van der Waals surface area contributed by atoms with Crippen molar-refractivity contribution in [1.82, 2.24) is 14.9 Å². The summed E-state index contributed by atoms with van der Waals surface area (Å²) in [6.07, 6.45) is 1.78. The normalized spacial score (nSPS) is 15.5. The molecule has 4 rings (SSSR count). The predicted molar refractivity (Wildman–Crippen MR) is 109 cm³/mol. The molecule has 1 aromatic heterocycles. The van der Waals surface area contributed by atoms with Crippen LogP contribution in [0.5, 0.6) is 11.5 Å². The van der Waals surface area contributed by atoms with Crippen molar-refractivity contribution in [3.05, 3.63) is 59.4 Å². The third kappa shape index (κ3) is 3.52. The fourth-order valence-corrected chi connectivity index (χ4v) is 3.86. The summed E-state index contributed by atoms with van der Waals surface area (Å²) in [6, 6.07) is 10.2. The van der Waals surface area contributed by atoms with E-state index in [9.17, 15) is 14.7 Å². The highest BCUT2D eigenvalue weighted by Crippen LogP contribution is 2.39. The first-order valence-electron chi connectivity index (χ1n) is 9.51. The third-order valence-corrected chi connectivity index (χ3v) is 5.30. The predicted octanol–water partition coefficient (Wildman–Crippen LogP) is 2.86. The molecule has 0 aliphatic carbocycles. The van der Waals surface area contributed by atoms with Crippen LogP contribution in [0.3, 0.4) is 0 Å². The van der Waals surface area contributed by atoms with E-state index >= 15 is 0 Å². The highest BCUT2D eigenvalue weighted by molar-refractivity contribution is 5.94. The number of carbonyl (C=O) groups excluding carboxylic acids is 1. The molecule has 1 amide bonds. The monoisotopic (exact) mass is 407 g/mol. The molecule has 8 heteroatoms. The van der Waals surface area contributed by atoms with Crippen LogP contribution in [0.15, 0.2) is 42.6 Å². The number of fused-ring (bicyclic) bond motifs is 2. The van der Waals surface area contributed by atoms with E-state index < -0.39 is 12.0 Å². The van der Waals surface area contributed by atoms with Gasteiger partial charge in [0.15, 0.2) is 11.5 Å². The lowest BCUT2D eigenvalue weighted by atomic mass is 9.89. The summed E-state index contributed by atoms with van der Waals surface area (Å²) >= 11 is 0.